The number of fused-ring (bicyclic) bond motifs is 1. The van der Waals surface area contributed by atoms with Crippen LogP contribution in [-0.4, -0.2) is 29.3 Å². The SMILES string of the molecule is CC(O)C(C)(C)NC(=O)c1ccc2c(c1)CCO2. The second-order valence-corrected chi connectivity index (χ2v) is 5.27. The van der Waals surface area contributed by atoms with Crippen molar-refractivity contribution in [3.63, 3.8) is 0 Å². The Bertz CT molecular complexity index is 466. The molecule has 18 heavy (non-hydrogen) atoms. The van der Waals surface area contributed by atoms with Crippen LogP contribution in [0.15, 0.2) is 18.2 Å². The van der Waals surface area contributed by atoms with Crippen molar-refractivity contribution in [2.45, 2.75) is 38.8 Å². The van der Waals surface area contributed by atoms with Crippen molar-refractivity contribution in [3.8, 4) is 5.75 Å². The summed E-state index contributed by atoms with van der Waals surface area (Å²) in [5, 5.41) is 12.4. The van der Waals surface area contributed by atoms with Crippen molar-refractivity contribution in [2.75, 3.05) is 6.61 Å². The molecular weight excluding hydrogens is 230 g/mol. The number of carbonyl (C=O) groups excluding carboxylic acids is 1. The molecule has 1 atom stereocenters. The lowest BCUT2D eigenvalue weighted by atomic mass is 9.98. The van der Waals surface area contributed by atoms with Crippen LogP contribution in [0.2, 0.25) is 0 Å². The number of amides is 1. The maximum atomic E-state index is 12.1. The topological polar surface area (TPSA) is 58.6 Å². The second-order valence-electron chi connectivity index (χ2n) is 5.27. The fourth-order valence-corrected chi connectivity index (χ4v) is 1.80. The van der Waals surface area contributed by atoms with Crippen molar-refractivity contribution >= 4 is 5.91 Å². The molecule has 2 rings (SSSR count). The van der Waals surface area contributed by atoms with Crippen LogP contribution >= 0.6 is 0 Å². The number of ether oxygens (including phenoxy) is 1. The van der Waals surface area contributed by atoms with Gasteiger partial charge < -0.3 is 15.2 Å². The van der Waals surface area contributed by atoms with E-state index in [1.54, 1.807) is 26.8 Å². The summed E-state index contributed by atoms with van der Waals surface area (Å²) in [7, 11) is 0. The Morgan fingerprint density at radius 3 is 2.89 bits per heavy atom. The van der Waals surface area contributed by atoms with E-state index in [0.717, 1.165) is 17.7 Å². The van der Waals surface area contributed by atoms with Crippen LogP contribution in [0.3, 0.4) is 0 Å². The van der Waals surface area contributed by atoms with Crippen molar-refractivity contribution in [1.29, 1.82) is 0 Å². The highest BCUT2D eigenvalue weighted by atomic mass is 16.5. The molecular formula is C14H19NO3. The van der Waals surface area contributed by atoms with Gasteiger partial charge in [0.25, 0.3) is 5.91 Å². The van der Waals surface area contributed by atoms with Gasteiger partial charge in [-0.05, 0) is 44.5 Å². The summed E-state index contributed by atoms with van der Waals surface area (Å²) >= 11 is 0. The zero-order chi connectivity index (χ0) is 13.3. The molecule has 0 bridgehead atoms. The molecule has 1 heterocycles. The smallest absolute Gasteiger partial charge is 0.251 e. The summed E-state index contributed by atoms with van der Waals surface area (Å²) in [6, 6.07) is 5.43. The largest absolute Gasteiger partial charge is 0.493 e. The summed E-state index contributed by atoms with van der Waals surface area (Å²) < 4.78 is 5.40. The van der Waals surface area contributed by atoms with E-state index < -0.39 is 11.6 Å². The number of nitrogens with one attached hydrogen (secondary N) is 1. The molecule has 0 aromatic heterocycles. The number of rotatable bonds is 3. The van der Waals surface area contributed by atoms with Gasteiger partial charge in [-0.1, -0.05) is 0 Å². The van der Waals surface area contributed by atoms with Crippen LogP contribution in [0, 0.1) is 0 Å². The zero-order valence-corrected chi connectivity index (χ0v) is 11.0. The zero-order valence-electron chi connectivity index (χ0n) is 11.0. The first-order chi connectivity index (χ1) is 8.40. The predicted molar refractivity (Wildman–Crippen MR) is 68.9 cm³/mol. The molecule has 0 saturated heterocycles. The molecule has 1 aromatic carbocycles. The Hall–Kier alpha value is -1.55. The van der Waals surface area contributed by atoms with Crippen LogP contribution in [0.5, 0.6) is 5.75 Å². The Morgan fingerprint density at radius 2 is 2.22 bits per heavy atom. The van der Waals surface area contributed by atoms with E-state index in [4.69, 9.17) is 4.74 Å². The molecule has 0 saturated carbocycles. The van der Waals surface area contributed by atoms with Crippen LogP contribution in [0.4, 0.5) is 0 Å². The molecule has 0 radical (unpaired) electrons. The van der Waals surface area contributed by atoms with Crippen LogP contribution in [0.1, 0.15) is 36.7 Å². The van der Waals surface area contributed by atoms with Gasteiger partial charge in [0, 0.05) is 12.0 Å². The summed E-state index contributed by atoms with van der Waals surface area (Å²) in [6.07, 6.45) is 0.232. The van der Waals surface area contributed by atoms with Crippen molar-refractivity contribution in [2.24, 2.45) is 0 Å². The fourth-order valence-electron chi connectivity index (χ4n) is 1.80. The Balaban J connectivity index is 2.15. The van der Waals surface area contributed by atoms with E-state index in [0.29, 0.717) is 12.2 Å². The average molecular weight is 249 g/mol. The van der Waals surface area contributed by atoms with Gasteiger partial charge in [0.15, 0.2) is 0 Å². The fraction of sp³-hybridized carbons (Fsp3) is 0.500. The molecule has 1 aliphatic heterocycles. The van der Waals surface area contributed by atoms with Crippen LogP contribution in [0.25, 0.3) is 0 Å². The number of carbonyl (C=O) groups is 1. The predicted octanol–water partition coefficient (Wildman–Crippen LogP) is 1.51. The lowest BCUT2D eigenvalue weighted by molar-refractivity contribution is 0.0709. The van der Waals surface area contributed by atoms with Gasteiger partial charge >= 0.3 is 0 Å². The monoisotopic (exact) mass is 249 g/mol. The van der Waals surface area contributed by atoms with Crippen LogP contribution < -0.4 is 10.1 Å². The number of aliphatic hydroxyl groups excluding tert-OH is 1. The van der Waals surface area contributed by atoms with E-state index in [1.807, 2.05) is 12.1 Å². The Morgan fingerprint density at radius 1 is 1.50 bits per heavy atom. The molecule has 4 nitrogen and oxygen atoms in total. The number of aliphatic hydroxyl groups is 1. The minimum Gasteiger partial charge on any atom is -0.493 e. The molecule has 2 N–H and O–H groups in total. The van der Waals surface area contributed by atoms with Gasteiger partial charge in [0.1, 0.15) is 5.75 Å². The summed E-state index contributed by atoms with van der Waals surface area (Å²) in [5.74, 6) is 0.692. The molecule has 1 aliphatic rings. The van der Waals surface area contributed by atoms with Gasteiger partial charge in [0.05, 0.1) is 18.2 Å². The minimum atomic E-state index is -0.646. The lowest BCUT2D eigenvalue weighted by Crippen LogP contribution is -2.50. The van der Waals surface area contributed by atoms with Crippen molar-refractivity contribution < 1.29 is 14.6 Å². The first-order valence-electron chi connectivity index (χ1n) is 6.16. The van der Waals surface area contributed by atoms with Crippen LogP contribution in [-0.2, 0) is 6.42 Å². The molecule has 1 amide bonds. The maximum absolute atomic E-state index is 12.1. The summed E-state index contributed by atoms with van der Waals surface area (Å²) in [6.45, 7) is 5.94. The molecule has 4 heteroatoms. The molecule has 0 aliphatic carbocycles. The van der Waals surface area contributed by atoms with Gasteiger partial charge in [-0.25, -0.2) is 0 Å². The standard InChI is InChI=1S/C14H19NO3/c1-9(16)14(2,3)15-13(17)11-4-5-12-10(8-11)6-7-18-12/h4-5,8-9,16H,6-7H2,1-3H3,(H,15,17). The second kappa shape index (κ2) is 4.61. The first-order valence-corrected chi connectivity index (χ1v) is 6.16. The van der Waals surface area contributed by atoms with Crippen molar-refractivity contribution in [3.05, 3.63) is 29.3 Å². The highest BCUT2D eigenvalue weighted by molar-refractivity contribution is 5.95. The van der Waals surface area contributed by atoms with E-state index >= 15 is 0 Å². The quantitative estimate of drug-likeness (QED) is 0.853. The van der Waals surface area contributed by atoms with E-state index in [-0.39, 0.29) is 5.91 Å². The number of hydrogen-bond acceptors (Lipinski definition) is 3. The molecule has 1 unspecified atom stereocenters. The molecule has 0 fully saturated rings. The number of benzene rings is 1. The average Bonchev–Trinajstić information content (AvgIpc) is 2.74. The third kappa shape index (κ3) is 2.48. The maximum Gasteiger partial charge on any atom is 0.251 e. The van der Waals surface area contributed by atoms with E-state index in [9.17, 15) is 9.90 Å². The Kier molecular flexibility index (Phi) is 3.30. The molecule has 0 spiro atoms. The molecule has 1 aromatic rings. The van der Waals surface area contributed by atoms with Crippen molar-refractivity contribution in [1.82, 2.24) is 5.32 Å². The Labute approximate surface area is 107 Å². The lowest BCUT2D eigenvalue weighted by Gasteiger charge is -2.29. The normalized spacial score (nSPS) is 15.8. The van der Waals surface area contributed by atoms with Gasteiger partial charge in [-0.15, -0.1) is 0 Å². The minimum absolute atomic E-state index is 0.171. The molecule has 98 valence electrons. The third-order valence-electron chi connectivity index (χ3n) is 3.43. The highest BCUT2D eigenvalue weighted by Gasteiger charge is 2.27. The number of hydrogen-bond donors (Lipinski definition) is 2. The third-order valence-corrected chi connectivity index (χ3v) is 3.43. The van der Waals surface area contributed by atoms with E-state index in [2.05, 4.69) is 5.32 Å². The highest BCUT2D eigenvalue weighted by Crippen LogP contribution is 2.26. The summed E-state index contributed by atoms with van der Waals surface area (Å²) in [4.78, 5) is 12.1. The van der Waals surface area contributed by atoms with Gasteiger partial charge in [-0.2, -0.15) is 0 Å². The first kappa shape index (κ1) is 12.9. The van der Waals surface area contributed by atoms with Gasteiger partial charge in [-0.3, -0.25) is 4.79 Å². The summed E-state index contributed by atoms with van der Waals surface area (Å²) in [5.41, 5.74) is 1.03. The van der Waals surface area contributed by atoms with E-state index in [1.165, 1.54) is 0 Å². The van der Waals surface area contributed by atoms with Gasteiger partial charge in [0.2, 0.25) is 0 Å².